The molecule has 2 heteroatoms. The lowest BCUT2D eigenvalue weighted by atomic mass is 9.47. The minimum Gasteiger partial charge on any atom is -0.295 e. The van der Waals surface area contributed by atoms with Gasteiger partial charge in [-0.05, 0) is 85.0 Å². The third kappa shape index (κ3) is 1.80. The summed E-state index contributed by atoms with van der Waals surface area (Å²) in [5.41, 5.74) is 1.77. The number of fused-ring (bicyclic) bond motifs is 7. The summed E-state index contributed by atoms with van der Waals surface area (Å²) < 4.78 is 0. The molecule has 0 aliphatic heterocycles. The molecule has 4 fully saturated rings. The predicted molar refractivity (Wildman–Crippen MR) is 92.7 cm³/mol. The molecule has 0 bridgehead atoms. The molecule has 24 heavy (non-hydrogen) atoms. The summed E-state index contributed by atoms with van der Waals surface area (Å²) >= 11 is 0. The number of hydrogen-bond acceptors (Lipinski definition) is 2. The summed E-state index contributed by atoms with van der Waals surface area (Å²) in [5, 5.41) is 9.81. The topological polar surface area (TPSA) is 40.9 Å². The first-order valence-electron chi connectivity index (χ1n) is 10.2. The maximum absolute atomic E-state index is 11.9. The van der Waals surface area contributed by atoms with Gasteiger partial charge < -0.3 is 0 Å². The van der Waals surface area contributed by atoms with Gasteiger partial charge in [-0.25, -0.2) is 0 Å². The van der Waals surface area contributed by atoms with Gasteiger partial charge in [0.2, 0.25) is 0 Å². The molecule has 4 saturated carbocycles. The molecule has 5 rings (SSSR count). The fourth-order valence-electron chi connectivity index (χ4n) is 7.98. The molecule has 0 aromatic rings. The first-order chi connectivity index (χ1) is 11.6. The van der Waals surface area contributed by atoms with Crippen molar-refractivity contribution in [3.63, 3.8) is 0 Å². The number of allylic oxidation sites excluding steroid dienone is 1. The van der Waals surface area contributed by atoms with Gasteiger partial charge in [-0.2, -0.15) is 5.26 Å². The standard InChI is InChI=1S/C22H29NO/c1-3-12-8-13-9-14(24)4-5-15(13)16-6-7-22(2)19(11-23)17-10-18(17)21(22)20(12)16/h9,12,15-21H,3-8,10H2,1-2H3/t12-,15+,16-,17+,18-,19+,20-,21+,22-/m1/s1. The Morgan fingerprint density at radius 3 is 2.88 bits per heavy atom. The average molecular weight is 323 g/mol. The molecule has 0 N–H and O–H groups in total. The van der Waals surface area contributed by atoms with Gasteiger partial charge in [0.05, 0.1) is 12.0 Å². The van der Waals surface area contributed by atoms with Crippen LogP contribution in [0.2, 0.25) is 0 Å². The third-order valence-corrected chi connectivity index (χ3v) is 8.92. The molecule has 0 heterocycles. The minimum absolute atomic E-state index is 0.280. The summed E-state index contributed by atoms with van der Waals surface area (Å²) in [6, 6.07) is 2.73. The summed E-state index contributed by atoms with van der Waals surface area (Å²) in [5.74, 6) is 6.06. The minimum atomic E-state index is 0.280. The highest BCUT2D eigenvalue weighted by Crippen LogP contribution is 2.75. The van der Waals surface area contributed by atoms with E-state index in [4.69, 9.17) is 0 Å². The van der Waals surface area contributed by atoms with Crippen molar-refractivity contribution in [2.24, 2.45) is 52.8 Å². The number of carbonyl (C=O) groups excluding carboxylic acids is 1. The SMILES string of the molecule is CC[C@@H]1CC2=CC(=O)CC[C@@H]2[C@H]2CC[C@@]3(C)[C@@H]([C@@H]4C[C@@H]4[C@@H]3C#N)[C@H]12. The highest BCUT2D eigenvalue weighted by atomic mass is 16.1. The van der Waals surface area contributed by atoms with Gasteiger partial charge in [0.25, 0.3) is 0 Å². The molecule has 0 amide bonds. The predicted octanol–water partition coefficient (Wildman–Crippen LogP) is 4.76. The van der Waals surface area contributed by atoms with Crippen LogP contribution in [0.3, 0.4) is 0 Å². The number of ketones is 1. The molecule has 0 aromatic heterocycles. The molecular formula is C22H29NO. The van der Waals surface area contributed by atoms with Crippen molar-refractivity contribution < 1.29 is 4.79 Å². The van der Waals surface area contributed by atoms with Crippen molar-refractivity contribution in [3.05, 3.63) is 11.6 Å². The Kier molecular flexibility index (Phi) is 3.14. The Balaban J connectivity index is 1.55. The fourth-order valence-corrected chi connectivity index (χ4v) is 7.98. The van der Waals surface area contributed by atoms with E-state index in [2.05, 4.69) is 19.9 Å². The molecular weight excluding hydrogens is 294 g/mol. The van der Waals surface area contributed by atoms with E-state index in [1.54, 1.807) is 0 Å². The van der Waals surface area contributed by atoms with Crippen molar-refractivity contribution in [1.82, 2.24) is 0 Å². The molecule has 5 aliphatic carbocycles. The number of nitriles is 1. The van der Waals surface area contributed by atoms with Crippen LogP contribution in [-0.2, 0) is 4.79 Å². The Bertz CT molecular complexity index is 657. The lowest BCUT2D eigenvalue weighted by molar-refractivity contribution is -0.116. The van der Waals surface area contributed by atoms with Gasteiger partial charge in [0, 0.05) is 6.42 Å². The van der Waals surface area contributed by atoms with Crippen molar-refractivity contribution >= 4 is 5.78 Å². The van der Waals surface area contributed by atoms with Crippen LogP contribution in [0.15, 0.2) is 11.6 Å². The first-order valence-corrected chi connectivity index (χ1v) is 10.2. The Hall–Kier alpha value is -1.10. The molecule has 0 saturated heterocycles. The van der Waals surface area contributed by atoms with Crippen LogP contribution in [0.5, 0.6) is 0 Å². The van der Waals surface area contributed by atoms with Crippen LogP contribution in [0.25, 0.3) is 0 Å². The van der Waals surface area contributed by atoms with E-state index in [-0.39, 0.29) is 5.41 Å². The van der Waals surface area contributed by atoms with Crippen LogP contribution in [0.4, 0.5) is 0 Å². The molecule has 0 unspecified atom stereocenters. The van der Waals surface area contributed by atoms with Crippen LogP contribution >= 0.6 is 0 Å². The number of rotatable bonds is 1. The van der Waals surface area contributed by atoms with Crippen LogP contribution < -0.4 is 0 Å². The second-order valence-electron chi connectivity index (χ2n) is 9.68. The van der Waals surface area contributed by atoms with E-state index in [9.17, 15) is 10.1 Å². The zero-order valence-electron chi connectivity index (χ0n) is 15.0. The first kappa shape index (κ1) is 15.2. The summed E-state index contributed by atoms with van der Waals surface area (Å²) in [7, 11) is 0. The van der Waals surface area contributed by atoms with E-state index in [1.165, 1.54) is 31.3 Å². The van der Waals surface area contributed by atoms with E-state index < -0.39 is 0 Å². The van der Waals surface area contributed by atoms with Gasteiger partial charge in [-0.3, -0.25) is 4.79 Å². The quantitative estimate of drug-likeness (QED) is 0.698. The van der Waals surface area contributed by atoms with E-state index >= 15 is 0 Å². The Morgan fingerprint density at radius 1 is 1.29 bits per heavy atom. The lowest BCUT2D eigenvalue weighted by Gasteiger charge is -2.57. The lowest BCUT2D eigenvalue weighted by Crippen LogP contribution is -2.51. The van der Waals surface area contributed by atoms with Crippen molar-refractivity contribution in [3.8, 4) is 6.07 Å². The third-order valence-electron chi connectivity index (χ3n) is 8.92. The number of hydrogen-bond donors (Lipinski definition) is 0. The molecule has 5 aliphatic rings. The van der Waals surface area contributed by atoms with Crippen LogP contribution in [0.1, 0.15) is 58.8 Å². The Morgan fingerprint density at radius 2 is 2.12 bits per heavy atom. The van der Waals surface area contributed by atoms with Crippen LogP contribution in [0, 0.1) is 64.1 Å². The van der Waals surface area contributed by atoms with E-state index in [0.717, 1.165) is 48.9 Å². The van der Waals surface area contributed by atoms with Crippen molar-refractivity contribution in [2.75, 3.05) is 0 Å². The highest BCUT2D eigenvalue weighted by Gasteiger charge is 2.70. The van der Waals surface area contributed by atoms with Gasteiger partial charge in [-0.1, -0.05) is 25.8 Å². The van der Waals surface area contributed by atoms with E-state index in [0.29, 0.717) is 23.5 Å². The zero-order valence-corrected chi connectivity index (χ0v) is 15.0. The highest BCUT2D eigenvalue weighted by molar-refractivity contribution is 5.91. The summed E-state index contributed by atoms with van der Waals surface area (Å²) in [6.45, 7) is 4.80. The van der Waals surface area contributed by atoms with Gasteiger partial charge in [-0.15, -0.1) is 0 Å². The Labute approximate surface area is 145 Å². The second kappa shape index (κ2) is 4.96. The van der Waals surface area contributed by atoms with Gasteiger partial charge in [0.15, 0.2) is 5.78 Å². The van der Waals surface area contributed by atoms with Crippen molar-refractivity contribution in [2.45, 2.75) is 58.8 Å². The smallest absolute Gasteiger partial charge is 0.155 e. The fraction of sp³-hybridized carbons (Fsp3) is 0.818. The maximum atomic E-state index is 11.9. The largest absolute Gasteiger partial charge is 0.295 e. The monoisotopic (exact) mass is 323 g/mol. The van der Waals surface area contributed by atoms with Gasteiger partial charge >= 0.3 is 0 Å². The number of carbonyl (C=O) groups is 1. The molecule has 9 atom stereocenters. The van der Waals surface area contributed by atoms with Gasteiger partial charge in [0.1, 0.15) is 0 Å². The average Bonchev–Trinajstić information content (AvgIpc) is 3.28. The molecule has 0 radical (unpaired) electrons. The van der Waals surface area contributed by atoms with Crippen LogP contribution in [-0.4, -0.2) is 5.78 Å². The zero-order chi connectivity index (χ0) is 16.6. The summed E-state index contributed by atoms with van der Waals surface area (Å²) in [6.07, 6.45) is 10.2. The normalized spacial score (nSPS) is 54.7. The van der Waals surface area contributed by atoms with Crippen molar-refractivity contribution in [1.29, 1.82) is 5.26 Å². The summed E-state index contributed by atoms with van der Waals surface area (Å²) in [4.78, 5) is 11.9. The molecule has 0 aromatic carbocycles. The maximum Gasteiger partial charge on any atom is 0.155 e. The van der Waals surface area contributed by atoms with E-state index in [1.807, 2.05) is 6.08 Å². The second-order valence-corrected chi connectivity index (χ2v) is 9.68. The molecule has 2 nitrogen and oxygen atoms in total. The number of nitrogens with zero attached hydrogens (tertiary/aromatic N) is 1. The molecule has 128 valence electrons. The molecule has 0 spiro atoms.